The predicted octanol–water partition coefficient (Wildman–Crippen LogP) is 0.965. The van der Waals surface area contributed by atoms with Crippen molar-refractivity contribution in [2.45, 2.75) is 0 Å². The Kier molecular flexibility index (Phi) is 0.887. The minimum Gasteiger partial charge on any atom is -0.335 e. The lowest BCUT2D eigenvalue weighted by atomic mass is 10.6. The van der Waals surface area contributed by atoms with Crippen molar-refractivity contribution in [3.8, 4) is 0 Å². The molecule has 0 saturated heterocycles. The molecule has 0 saturated carbocycles. The second kappa shape index (κ2) is 1.70. The Morgan fingerprint density at radius 3 is 3.40 bits per heavy atom. The number of imidazole rings is 1. The van der Waals surface area contributed by atoms with Crippen LogP contribution < -0.4 is 0 Å². The van der Waals surface area contributed by atoms with Gasteiger partial charge in [-0.15, -0.1) is 0 Å². The zero-order chi connectivity index (χ0) is 6.97. The van der Waals surface area contributed by atoms with E-state index in [4.69, 9.17) is 4.52 Å². The van der Waals surface area contributed by atoms with Crippen molar-refractivity contribution in [3.05, 3.63) is 24.9 Å². The maximum Gasteiger partial charge on any atom is 0.255 e. The number of hydrogen-bond acceptors (Lipinski definition) is 3. The first-order valence-electron chi connectivity index (χ1n) is 2.82. The van der Waals surface area contributed by atoms with Crippen LogP contribution in [0.3, 0.4) is 0 Å². The molecule has 2 heterocycles. The molecule has 0 aromatic carbocycles. The predicted molar refractivity (Wildman–Crippen MR) is 35.3 cm³/mol. The average Bonchev–Trinajstić information content (AvgIpc) is 2.44. The van der Waals surface area contributed by atoms with Gasteiger partial charge in [0.2, 0.25) is 0 Å². The molecule has 0 radical (unpaired) electrons. The summed E-state index contributed by atoms with van der Waals surface area (Å²) in [4.78, 5) is 3.98. The molecule has 2 rings (SSSR count). The Labute approximate surface area is 56.8 Å². The summed E-state index contributed by atoms with van der Waals surface area (Å²) >= 11 is 0. The van der Waals surface area contributed by atoms with Gasteiger partial charge in [0.1, 0.15) is 12.2 Å². The highest BCUT2D eigenvalue weighted by molar-refractivity contribution is 5.44. The standard InChI is InChI=1S/C6H5N3O/c1-2-5-7-3-6-9(5)4-8-10-6/h2-4H,1H2. The fourth-order valence-electron chi connectivity index (χ4n) is 0.818. The molecule has 50 valence electrons. The fraction of sp³-hybridized carbons (Fsp3) is 0. The van der Waals surface area contributed by atoms with Gasteiger partial charge in [-0.3, -0.25) is 0 Å². The molecule has 2 aromatic rings. The average molecular weight is 135 g/mol. The molecule has 0 N–H and O–H groups in total. The van der Waals surface area contributed by atoms with E-state index in [-0.39, 0.29) is 0 Å². The second-order valence-corrected chi connectivity index (χ2v) is 1.84. The largest absolute Gasteiger partial charge is 0.335 e. The zero-order valence-corrected chi connectivity index (χ0v) is 5.19. The number of nitrogens with zero attached hydrogens (tertiary/aromatic N) is 3. The molecule has 0 spiro atoms. The SMILES string of the molecule is C=Cc1ncc2oncn12. The first kappa shape index (κ1) is 5.22. The number of aromatic nitrogens is 3. The summed E-state index contributed by atoms with van der Waals surface area (Å²) in [5.74, 6) is 0.747. The minimum absolute atomic E-state index is 0.634. The molecule has 0 unspecified atom stereocenters. The molecule has 0 atom stereocenters. The van der Waals surface area contributed by atoms with Crippen LogP contribution in [0.4, 0.5) is 0 Å². The van der Waals surface area contributed by atoms with E-state index in [1.54, 1.807) is 23.0 Å². The maximum absolute atomic E-state index is 4.80. The molecule has 0 aliphatic heterocycles. The van der Waals surface area contributed by atoms with Gasteiger partial charge in [0.25, 0.3) is 5.71 Å². The van der Waals surface area contributed by atoms with Crippen LogP contribution in [0.1, 0.15) is 5.82 Å². The van der Waals surface area contributed by atoms with E-state index in [1.807, 2.05) is 0 Å². The van der Waals surface area contributed by atoms with Crippen molar-refractivity contribution < 1.29 is 4.52 Å². The molecular formula is C6H5N3O. The van der Waals surface area contributed by atoms with Gasteiger partial charge in [0.05, 0.1) is 6.20 Å². The summed E-state index contributed by atoms with van der Waals surface area (Å²) in [7, 11) is 0. The highest BCUT2D eigenvalue weighted by Gasteiger charge is 2.00. The van der Waals surface area contributed by atoms with Gasteiger partial charge in [-0.25, -0.2) is 9.38 Å². The Morgan fingerprint density at radius 1 is 1.70 bits per heavy atom. The smallest absolute Gasteiger partial charge is 0.255 e. The fourth-order valence-corrected chi connectivity index (χ4v) is 0.818. The molecule has 0 aliphatic rings. The molecule has 0 fully saturated rings. The van der Waals surface area contributed by atoms with E-state index in [0.717, 1.165) is 5.82 Å². The van der Waals surface area contributed by atoms with Crippen molar-refractivity contribution in [3.63, 3.8) is 0 Å². The lowest BCUT2D eigenvalue weighted by molar-refractivity contribution is 0.455. The van der Waals surface area contributed by atoms with Gasteiger partial charge >= 0.3 is 0 Å². The summed E-state index contributed by atoms with van der Waals surface area (Å²) in [5.41, 5.74) is 0.634. The number of hydrogen-bond donors (Lipinski definition) is 0. The monoisotopic (exact) mass is 135 g/mol. The minimum atomic E-state index is 0.634. The third-order valence-electron chi connectivity index (χ3n) is 1.28. The maximum atomic E-state index is 4.80. The van der Waals surface area contributed by atoms with E-state index < -0.39 is 0 Å². The van der Waals surface area contributed by atoms with Crippen molar-refractivity contribution >= 4 is 11.8 Å². The molecular weight excluding hydrogens is 130 g/mol. The van der Waals surface area contributed by atoms with E-state index in [9.17, 15) is 0 Å². The van der Waals surface area contributed by atoms with Crippen LogP contribution in [0.5, 0.6) is 0 Å². The molecule has 0 bridgehead atoms. The van der Waals surface area contributed by atoms with Crippen molar-refractivity contribution in [1.82, 2.24) is 14.5 Å². The zero-order valence-electron chi connectivity index (χ0n) is 5.19. The Bertz CT molecular complexity index is 360. The molecule has 4 heteroatoms. The quantitative estimate of drug-likeness (QED) is 0.585. The summed E-state index contributed by atoms with van der Waals surface area (Å²) < 4.78 is 6.52. The first-order chi connectivity index (χ1) is 4.92. The van der Waals surface area contributed by atoms with Crippen LogP contribution in [0.2, 0.25) is 0 Å². The van der Waals surface area contributed by atoms with Gasteiger partial charge in [0.15, 0.2) is 0 Å². The van der Waals surface area contributed by atoms with Crippen molar-refractivity contribution in [2.24, 2.45) is 0 Å². The van der Waals surface area contributed by atoms with Crippen LogP contribution >= 0.6 is 0 Å². The molecule has 0 amide bonds. The highest BCUT2D eigenvalue weighted by atomic mass is 16.5. The van der Waals surface area contributed by atoms with Crippen LogP contribution in [0, 0.1) is 0 Å². The van der Waals surface area contributed by atoms with Crippen LogP contribution in [-0.2, 0) is 0 Å². The number of fused-ring (bicyclic) bond motifs is 1. The van der Waals surface area contributed by atoms with Crippen LogP contribution in [0.15, 0.2) is 23.6 Å². The summed E-state index contributed by atoms with van der Waals surface area (Å²) in [6, 6.07) is 0. The van der Waals surface area contributed by atoms with E-state index in [2.05, 4.69) is 16.7 Å². The first-order valence-corrected chi connectivity index (χ1v) is 2.82. The summed E-state index contributed by atoms with van der Waals surface area (Å²) in [5, 5.41) is 3.57. The molecule has 0 aliphatic carbocycles. The lowest BCUT2D eigenvalue weighted by Crippen LogP contribution is -1.80. The van der Waals surface area contributed by atoms with Gasteiger partial charge in [-0.1, -0.05) is 11.7 Å². The van der Waals surface area contributed by atoms with Crippen LogP contribution in [0.25, 0.3) is 11.8 Å². The van der Waals surface area contributed by atoms with Gasteiger partial charge in [-0.05, 0) is 6.08 Å². The van der Waals surface area contributed by atoms with Crippen molar-refractivity contribution in [1.29, 1.82) is 0 Å². The second-order valence-electron chi connectivity index (χ2n) is 1.84. The van der Waals surface area contributed by atoms with Gasteiger partial charge in [-0.2, -0.15) is 0 Å². The van der Waals surface area contributed by atoms with E-state index in [0.29, 0.717) is 5.71 Å². The highest BCUT2D eigenvalue weighted by Crippen LogP contribution is 2.04. The topological polar surface area (TPSA) is 43.3 Å². The number of rotatable bonds is 1. The third-order valence-corrected chi connectivity index (χ3v) is 1.28. The van der Waals surface area contributed by atoms with E-state index in [1.165, 1.54) is 0 Å². The van der Waals surface area contributed by atoms with E-state index >= 15 is 0 Å². The Morgan fingerprint density at radius 2 is 2.60 bits per heavy atom. The van der Waals surface area contributed by atoms with Gasteiger partial charge < -0.3 is 4.52 Å². The van der Waals surface area contributed by atoms with Gasteiger partial charge in [0, 0.05) is 0 Å². The molecule has 2 aromatic heterocycles. The molecule has 4 nitrogen and oxygen atoms in total. The molecule has 10 heavy (non-hydrogen) atoms. The Hall–Kier alpha value is -1.58. The lowest BCUT2D eigenvalue weighted by Gasteiger charge is -1.80. The normalized spacial score (nSPS) is 10.4. The van der Waals surface area contributed by atoms with Crippen molar-refractivity contribution in [2.75, 3.05) is 0 Å². The summed E-state index contributed by atoms with van der Waals surface area (Å²) in [6.07, 6.45) is 4.80. The Balaban J connectivity index is 2.88. The van der Waals surface area contributed by atoms with Crippen LogP contribution in [-0.4, -0.2) is 14.5 Å². The third kappa shape index (κ3) is 0.500. The summed E-state index contributed by atoms with van der Waals surface area (Å²) in [6.45, 7) is 3.58.